The summed E-state index contributed by atoms with van der Waals surface area (Å²) in [6.45, 7) is 0.0959. The topological polar surface area (TPSA) is 40.5 Å². The lowest BCUT2D eigenvalue weighted by molar-refractivity contribution is -0.186. The number of carbonyl (C=O) groups is 1. The number of benzene rings is 1. The minimum Gasteiger partial charge on any atom is -0.508 e. The quantitative estimate of drug-likeness (QED) is 0.842. The van der Waals surface area contributed by atoms with Crippen molar-refractivity contribution in [3.63, 3.8) is 0 Å². The maximum Gasteiger partial charge on any atom is 0.471 e. The molecule has 1 aliphatic heterocycles. The molecule has 0 radical (unpaired) electrons. The minimum absolute atomic E-state index is 0.0150. The first kappa shape index (κ1) is 12.7. The number of hydrogen-bond acceptors (Lipinski definition) is 2. The van der Waals surface area contributed by atoms with Gasteiger partial charge in [-0.1, -0.05) is 12.1 Å². The van der Waals surface area contributed by atoms with E-state index in [1.807, 2.05) is 0 Å². The molecule has 0 aliphatic carbocycles. The first-order valence-corrected chi connectivity index (χ1v) is 5.56. The Morgan fingerprint density at radius 2 is 2.11 bits per heavy atom. The minimum atomic E-state index is -4.85. The Morgan fingerprint density at radius 3 is 2.72 bits per heavy atom. The number of alkyl halides is 3. The van der Waals surface area contributed by atoms with E-state index in [0.29, 0.717) is 18.4 Å². The van der Waals surface area contributed by atoms with E-state index in [9.17, 15) is 23.1 Å². The second-order valence-corrected chi connectivity index (χ2v) is 4.25. The largest absolute Gasteiger partial charge is 0.508 e. The van der Waals surface area contributed by atoms with Gasteiger partial charge in [0.2, 0.25) is 0 Å². The molecule has 0 spiro atoms. The number of nitrogens with zero attached hydrogens (tertiary/aromatic N) is 1. The zero-order valence-electron chi connectivity index (χ0n) is 9.44. The van der Waals surface area contributed by atoms with Crippen LogP contribution >= 0.6 is 0 Å². The highest BCUT2D eigenvalue weighted by atomic mass is 19.4. The average molecular weight is 259 g/mol. The van der Waals surface area contributed by atoms with Gasteiger partial charge in [-0.25, -0.2) is 0 Å². The fourth-order valence-electron chi connectivity index (χ4n) is 2.25. The number of phenols is 1. The second-order valence-electron chi connectivity index (χ2n) is 4.25. The van der Waals surface area contributed by atoms with Gasteiger partial charge in [-0.05, 0) is 30.5 Å². The molecule has 1 fully saturated rings. The number of carbonyl (C=O) groups excluding carboxylic acids is 1. The molecule has 1 N–H and O–H groups in total. The van der Waals surface area contributed by atoms with Crippen LogP contribution in [0.3, 0.4) is 0 Å². The van der Waals surface area contributed by atoms with E-state index in [1.54, 1.807) is 12.1 Å². The highest BCUT2D eigenvalue weighted by Crippen LogP contribution is 2.36. The lowest BCUT2D eigenvalue weighted by Gasteiger charge is -2.25. The van der Waals surface area contributed by atoms with Crippen molar-refractivity contribution in [3.8, 4) is 5.75 Å². The summed E-state index contributed by atoms with van der Waals surface area (Å²) in [5.74, 6) is -1.83. The number of aromatic hydroxyl groups is 1. The van der Waals surface area contributed by atoms with Crippen LogP contribution in [0, 0.1) is 0 Å². The summed E-state index contributed by atoms with van der Waals surface area (Å²) in [5, 5.41) is 9.33. The zero-order chi connectivity index (χ0) is 13.3. The van der Waals surface area contributed by atoms with E-state index in [2.05, 4.69) is 0 Å². The Bertz CT molecular complexity index is 459. The number of likely N-dealkylation sites (tertiary alicyclic amines) is 1. The molecule has 98 valence electrons. The van der Waals surface area contributed by atoms with Gasteiger partial charge >= 0.3 is 12.1 Å². The first-order valence-electron chi connectivity index (χ1n) is 5.56. The van der Waals surface area contributed by atoms with Gasteiger partial charge in [-0.15, -0.1) is 0 Å². The molecule has 6 heteroatoms. The Hall–Kier alpha value is -1.72. The molecule has 1 heterocycles. The Balaban J connectivity index is 2.25. The molecule has 1 unspecified atom stereocenters. The maximum atomic E-state index is 12.4. The highest BCUT2D eigenvalue weighted by molar-refractivity contribution is 5.82. The molecular formula is C12H12F3NO2. The fraction of sp³-hybridized carbons (Fsp3) is 0.417. The van der Waals surface area contributed by atoms with Gasteiger partial charge in [0, 0.05) is 6.54 Å². The van der Waals surface area contributed by atoms with Gasteiger partial charge in [0.05, 0.1) is 6.04 Å². The molecule has 2 rings (SSSR count). The van der Waals surface area contributed by atoms with E-state index in [-0.39, 0.29) is 12.3 Å². The number of rotatable bonds is 1. The molecule has 1 aliphatic rings. The Morgan fingerprint density at radius 1 is 1.39 bits per heavy atom. The van der Waals surface area contributed by atoms with Crippen molar-refractivity contribution >= 4 is 5.91 Å². The predicted molar refractivity (Wildman–Crippen MR) is 57.8 cm³/mol. The molecule has 1 aromatic carbocycles. The van der Waals surface area contributed by atoms with Crippen LogP contribution in [-0.2, 0) is 4.79 Å². The van der Waals surface area contributed by atoms with Crippen molar-refractivity contribution in [3.05, 3.63) is 29.8 Å². The normalized spacial score (nSPS) is 20.2. The third kappa shape index (κ3) is 2.42. The third-order valence-corrected chi connectivity index (χ3v) is 3.01. The SMILES string of the molecule is O=C(N1CCCC1c1cccc(O)c1)C(F)(F)F. The Labute approximate surface area is 102 Å². The van der Waals surface area contributed by atoms with Crippen molar-refractivity contribution in [2.24, 2.45) is 0 Å². The van der Waals surface area contributed by atoms with Crippen LogP contribution in [-0.4, -0.2) is 28.6 Å². The summed E-state index contributed by atoms with van der Waals surface area (Å²) >= 11 is 0. The fourth-order valence-corrected chi connectivity index (χ4v) is 2.25. The van der Waals surface area contributed by atoms with Crippen LogP contribution in [0.15, 0.2) is 24.3 Å². The van der Waals surface area contributed by atoms with Crippen LogP contribution in [0.2, 0.25) is 0 Å². The van der Waals surface area contributed by atoms with Crippen molar-refractivity contribution in [2.45, 2.75) is 25.1 Å². The van der Waals surface area contributed by atoms with Gasteiger partial charge in [0.15, 0.2) is 0 Å². The van der Waals surface area contributed by atoms with Crippen molar-refractivity contribution < 1.29 is 23.1 Å². The zero-order valence-corrected chi connectivity index (χ0v) is 9.44. The summed E-state index contributed by atoms with van der Waals surface area (Å²) in [6, 6.07) is 5.40. The van der Waals surface area contributed by atoms with E-state index in [1.165, 1.54) is 12.1 Å². The molecular weight excluding hydrogens is 247 g/mol. The van der Waals surface area contributed by atoms with Gasteiger partial charge in [0.25, 0.3) is 0 Å². The van der Waals surface area contributed by atoms with Gasteiger partial charge in [-0.2, -0.15) is 13.2 Å². The summed E-state index contributed by atoms with van der Waals surface area (Å²) in [4.78, 5) is 12.1. The predicted octanol–water partition coefficient (Wildman–Crippen LogP) is 2.62. The molecule has 0 saturated carbocycles. The van der Waals surface area contributed by atoms with Gasteiger partial charge in [0.1, 0.15) is 5.75 Å². The van der Waals surface area contributed by atoms with E-state index >= 15 is 0 Å². The van der Waals surface area contributed by atoms with Gasteiger partial charge < -0.3 is 10.0 Å². The van der Waals surface area contributed by atoms with Crippen molar-refractivity contribution in [1.82, 2.24) is 4.90 Å². The summed E-state index contributed by atoms with van der Waals surface area (Å²) in [7, 11) is 0. The highest BCUT2D eigenvalue weighted by Gasteiger charge is 2.46. The van der Waals surface area contributed by atoms with Crippen LogP contribution in [0.5, 0.6) is 5.75 Å². The number of amides is 1. The van der Waals surface area contributed by atoms with Crippen LogP contribution in [0.1, 0.15) is 24.4 Å². The molecule has 1 aromatic rings. The van der Waals surface area contributed by atoms with Crippen LogP contribution < -0.4 is 0 Å². The molecule has 1 amide bonds. The van der Waals surface area contributed by atoms with Crippen LogP contribution in [0.4, 0.5) is 13.2 Å². The third-order valence-electron chi connectivity index (χ3n) is 3.01. The summed E-state index contributed by atoms with van der Waals surface area (Å²) < 4.78 is 37.3. The molecule has 0 bridgehead atoms. The lowest BCUT2D eigenvalue weighted by Crippen LogP contribution is -2.40. The van der Waals surface area contributed by atoms with E-state index in [0.717, 1.165) is 4.90 Å². The maximum absolute atomic E-state index is 12.4. The van der Waals surface area contributed by atoms with Crippen LogP contribution in [0.25, 0.3) is 0 Å². The van der Waals surface area contributed by atoms with Crippen molar-refractivity contribution in [1.29, 1.82) is 0 Å². The van der Waals surface area contributed by atoms with E-state index in [4.69, 9.17) is 0 Å². The van der Waals surface area contributed by atoms with Gasteiger partial charge in [-0.3, -0.25) is 4.79 Å². The standard InChI is InChI=1S/C12H12F3NO2/c13-12(14,15)11(18)16-6-2-5-10(16)8-3-1-4-9(17)7-8/h1,3-4,7,10,17H,2,5-6H2. The molecule has 1 atom stereocenters. The number of phenolic OH excluding ortho intramolecular Hbond substituents is 1. The lowest BCUT2D eigenvalue weighted by atomic mass is 10.0. The monoisotopic (exact) mass is 259 g/mol. The second kappa shape index (κ2) is 4.51. The smallest absolute Gasteiger partial charge is 0.471 e. The number of halogens is 3. The average Bonchev–Trinajstić information content (AvgIpc) is 2.75. The molecule has 18 heavy (non-hydrogen) atoms. The Kier molecular flexibility index (Phi) is 3.19. The molecule has 1 saturated heterocycles. The van der Waals surface area contributed by atoms with E-state index < -0.39 is 18.1 Å². The number of hydrogen-bond donors (Lipinski definition) is 1. The molecule has 3 nitrogen and oxygen atoms in total. The summed E-state index contributed by atoms with van der Waals surface area (Å²) in [5.41, 5.74) is 0.533. The van der Waals surface area contributed by atoms with Crippen molar-refractivity contribution in [2.75, 3.05) is 6.54 Å². The first-order chi connectivity index (χ1) is 8.39. The molecule has 0 aromatic heterocycles. The summed E-state index contributed by atoms with van der Waals surface area (Å²) in [6.07, 6.45) is -3.84.